The minimum absolute atomic E-state index is 0.0583. The summed E-state index contributed by atoms with van der Waals surface area (Å²) in [5.41, 5.74) is 0.0583. The van der Waals surface area contributed by atoms with Crippen LogP contribution in [0.1, 0.15) is 23.2 Å². The number of aromatic hydroxyl groups is 1. The van der Waals surface area contributed by atoms with Crippen LogP contribution in [0.25, 0.3) is 0 Å². The van der Waals surface area contributed by atoms with Crippen molar-refractivity contribution in [3.8, 4) is 5.75 Å². The zero-order chi connectivity index (χ0) is 13.1. The molecular weight excluding hydrogens is 253 g/mol. The molecule has 1 aromatic carbocycles. The summed E-state index contributed by atoms with van der Waals surface area (Å²) in [5.74, 6) is -0.0570. The first-order chi connectivity index (χ1) is 8.63. The molecule has 1 fully saturated rings. The van der Waals surface area contributed by atoms with Crippen molar-refractivity contribution >= 4 is 17.7 Å². The predicted octanol–water partition coefficient (Wildman–Crippen LogP) is 2.50. The summed E-state index contributed by atoms with van der Waals surface area (Å²) in [6, 6.07) is 3.67. The smallest absolute Gasteiger partial charge is 0.257 e. The first-order valence-electron chi connectivity index (χ1n) is 5.92. The van der Waals surface area contributed by atoms with E-state index in [0.717, 1.165) is 30.7 Å². The Morgan fingerprint density at radius 3 is 3.11 bits per heavy atom. The Morgan fingerprint density at radius 1 is 1.61 bits per heavy atom. The monoisotopic (exact) mass is 269 g/mol. The minimum atomic E-state index is -0.503. The summed E-state index contributed by atoms with van der Waals surface area (Å²) in [5, 5.41) is 9.66. The van der Waals surface area contributed by atoms with Gasteiger partial charge in [0, 0.05) is 18.3 Å². The summed E-state index contributed by atoms with van der Waals surface area (Å²) in [6.07, 6.45) is 3.94. The van der Waals surface area contributed by atoms with Crippen LogP contribution in [0.4, 0.5) is 4.39 Å². The van der Waals surface area contributed by atoms with Gasteiger partial charge < -0.3 is 10.0 Å². The van der Waals surface area contributed by atoms with Crippen molar-refractivity contribution in [3.05, 3.63) is 29.6 Å². The Hall–Kier alpha value is -1.23. The molecule has 1 amide bonds. The van der Waals surface area contributed by atoms with E-state index in [-0.39, 0.29) is 23.3 Å². The van der Waals surface area contributed by atoms with Gasteiger partial charge in [-0.25, -0.2) is 4.39 Å². The summed E-state index contributed by atoms with van der Waals surface area (Å²) < 4.78 is 13.2. The van der Waals surface area contributed by atoms with E-state index in [1.54, 1.807) is 16.7 Å². The van der Waals surface area contributed by atoms with E-state index in [0.29, 0.717) is 6.54 Å². The standard InChI is InChI=1S/C13H16FNO2S/c1-18-8-10-3-2-6-15(10)13(17)11-7-9(14)4-5-12(11)16/h4-5,7,10,16H,2-3,6,8H2,1H3. The van der Waals surface area contributed by atoms with Crippen molar-refractivity contribution in [2.45, 2.75) is 18.9 Å². The highest BCUT2D eigenvalue weighted by atomic mass is 32.2. The Morgan fingerprint density at radius 2 is 2.39 bits per heavy atom. The molecule has 1 unspecified atom stereocenters. The average Bonchev–Trinajstić information content (AvgIpc) is 2.80. The van der Waals surface area contributed by atoms with E-state index in [1.807, 2.05) is 6.26 Å². The van der Waals surface area contributed by atoms with E-state index >= 15 is 0 Å². The lowest BCUT2D eigenvalue weighted by Crippen LogP contribution is -2.37. The Labute approximate surface area is 110 Å². The van der Waals surface area contributed by atoms with E-state index < -0.39 is 5.82 Å². The second-order valence-electron chi connectivity index (χ2n) is 4.41. The van der Waals surface area contributed by atoms with Crippen LogP contribution < -0.4 is 0 Å². The van der Waals surface area contributed by atoms with Crippen LogP contribution in [0.2, 0.25) is 0 Å². The number of hydrogen-bond donors (Lipinski definition) is 1. The third-order valence-electron chi connectivity index (χ3n) is 3.19. The lowest BCUT2D eigenvalue weighted by Gasteiger charge is -2.24. The molecule has 1 aromatic rings. The van der Waals surface area contributed by atoms with Gasteiger partial charge in [-0.3, -0.25) is 4.79 Å². The SMILES string of the molecule is CSCC1CCCN1C(=O)c1cc(F)ccc1O. The summed E-state index contributed by atoms with van der Waals surface area (Å²) in [4.78, 5) is 14.0. The molecule has 0 spiro atoms. The minimum Gasteiger partial charge on any atom is -0.507 e. The fourth-order valence-electron chi connectivity index (χ4n) is 2.30. The first kappa shape index (κ1) is 13.2. The van der Waals surface area contributed by atoms with Crippen molar-refractivity contribution in [2.24, 2.45) is 0 Å². The van der Waals surface area contributed by atoms with Crippen LogP contribution in [-0.4, -0.2) is 40.5 Å². The summed E-state index contributed by atoms with van der Waals surface area (Å²) >= 11 is 1.69. The fourth-order valence-corrected chi connectivity index (χ4v) is 3.03. The molecule has 1 saturated heterocycles. The molecule has 1 heterocycles. The van der Waals surface area contributed by atoms with Crippen LogP contribution in [0.15, 0.2) is 18.2 Å². The van der Waals surface area contributed by atoms with Crippen molar-refractivity contribution in [1.29, 1.82) is 0 Å². The number of carbonyl (C=O) groups excluding carboxylic acids is 1. The zero-order valence-corrected chi connectivity index (χ0v) is 11.0. The molecule has 1 N–H and O–H groups in total. The maximum atomic E-state index is 13.2. The predicted molar refractivity (Wildman–Crippen MR) is 70.5 cm³/mol. The van der Waals surface area contributed by atoms with E-state index in [9.17, 15) is 14.3 Å². The molecule has 1 aliphatic rings. The van der Waals surface area contributed by atoms with Crippen LogP contribution in [0, 0.1) is 5.82 Å². The maximum absolute atomic E-state index is 13.2. The van der Waals surface area contributed by atoms with Gasteiger partial charge in [0.2, 0.25) is 0 Å². The summed E-state index contributed by atoms with van der Waals surface area (Å²) in [7, 11) is 0. The van der Waals surface area contributed by atoms with Gasteiger partial charge in [-0.2, -0.15) is 11.8 Å². The molecule has 1 aliphatic heterocycles. The number of halogens is 1. The van der Waals surface area contributed by atoms with Gasteiger partial charge in [0.25, 0.3) is 5.91 Å². The number of nitrogens with zero attached hydrogens (tertiary/aromatic N) is 1. The number of rotatable bonds is 3. The fraction of sp³-hybridized carbons (Fsp3) is 0.462. The Bertz CT molecular complexity index is 453. The van der Waals surface area contributed by atoms with Crippen molar-refractivity contribution in [2.75, 3.05) is 18.6 Å². The molecule has 0 radical (unpaired) electrons. The highest BCUT2D eigenvalue weighted by Crippen LogP contribution is 2.26. The number of carbonyl (C=O) groups is 1. The molecule has 18 heavy (non-hydrogen) atoms. The van der Waals surface area contributed by atoms with Gasteiger partial charge in [-0.05, 0) is 37.3 Å². The number of hydrogen-bond acceptors (Lipinski definition) is 3. The lowest BCUT2D eigenvalue weighted by molar-refractivity contribution is 0.0746. The van der Waals surface area contributed by atoms with E-state index in [4.69, 9.17) is 0 Å². The van der Waals surface area contributed by atoms with E-state index in [1.165, 1.54) is 6.07 Å². The van der Waals surface area contributed by atoms with Gasteiger partial charge >= 0.3 is 0 Å². The largest absolute Gasteiger partial charge is 0.507 e. The van der Waals surface area contributed by atoms with Gasteiger partial charge in [0.05, 0.1) is 5.56 Å². The maximum Gasteiger partial charge on any atom is 0.257 e. The van der Waals surface area contributed by atoms with Crippen molar-refractivity contribution in [1.82, 2.24) is 4.90 Å². The lowest BCUT2D eigenvalue weighted by atomic mass is 10.1. The highest BCUT2D eigenvalue weighted by molar-refractivity contribution is 7.98. The van der Waals surface area contributed by atoms with Crippen molar-refractivity contribution < 1.29 is 14.3 Å². The van der Waals surface area contributed by atoms with Crippen LogP contribution in [0.5, 0.6) is 5.75 Å². The van der Waals surface area contributed by atoms with Crippen LogP contribution in [-0.2, 0) is 0 Å². The Kier molecular flexibility index (Phi) is 4.11. The quantitative estimate of drug-likeness (QED) is 0.916. The molecule has 0 bridgehead atoms. The van der Waals surface area contributed by atoms with Gasteiger partial charge in [-0.1, -0.05) is 0 Å². The number of thioether (sulfide) groups is 1. The third-order valence-corrected chi connectivity index (χ3v) is 3.90. The van der Waals surface area contributed by atoms with Crippen LogP contribution in [0.3, 0.4) is 0 Å². The van der Waals surface area contributed by atoms with E-state index in [2.05, 4.69) is 0 Å². The zero-order valence-electron chi connectivity index (χ0n) is 10.2. The van der Waals surface area contributed by atoms with Gasteiger partial charge in [-0.15, -0.1) is 0 Å². The van der Waals surface area contributed by atoms with Gasteiger partial charge in [0.1, 0.15) is 11.6 Å². The average molecular weight is 269 g/mol. The van der Waals surface area contributed by atoms with Crippen molar-refractivity contribution in [3.63, 3.8) is 0 Å². The number of amides is 1. The molecule has 2 rings (SSSR count). The third kappa shape index (κ3) is 2.61. The molecule has 0 saturated carbocycles. The first-order valence-corrected chi connectivity index (χ1v) is 7.31. The second kappa shape index (κ2) is 5.61. The Balaban J connectivity index is 2.22. The molecule has 98 valence electrons. The summed E-state index contributed by atoms with van der Waals surface area (Å²) in [6.45, 7) is 0.681. The number of phenolic OH excluding ortho intramolecular Hbond substituents is 1. The second-order valence-corrected chi connectivity index (χ2v) is 5.32. The molecular formula is C13H16FNO2S. The number of phenols is 1. The van der Waals surface area contributed by atoms with Crippen LogP contribution >= 0.6 is 11.8 Å². The normalized spacial score (nSPS) is 19.2. The molecule has 1 atom stereocenters. The number of benzene rings is 1. The molecule has 0 aliphatic carbocycles. The topological polar surface area (TPSA) is 40.5 Å². The molecule has 5 heteroatoms. The molecule has 3 nitrogen and oxygen atoms in total. The highest BCUT2D eigenvalue weighted by Gasteiger charge is 2.30. The number of likely N-dealkylation sites (tertiary alicyclic amines) is 1. The van der Waals surface area contributed by atoms with Gasteiger partial charge in [0.15, 0.2) is 0 Å². The molecule has 0 aromatic heterocycles.